The van der Waals surface area contributed by atoms with Crippen molar-refractivity contribution in [1.29, 1.82) is 0 Å². The second kappa shape index (κ2) is 4.03. The lowest BCUT2D eigenvalue weighted by atomic mass is 10.3. The SMILES string of the molecule is c1nc(N2CCn3c(nnc3C3CC3)C2)c2cc[nH]c2n1. The predicted octanol–water partition coefficient (Wildman–Crippen LogP) is 1.45. The summed E-state index contributed by atoms with van der Waals surface area (Å²) >= 11 is 0. The summed E-state index contributed by atoms with van der Waals surface area (Å²) < 4.78 is 2.30. The van der Waals surface area contributed by atoms with Crippen molar-refractivity contribution in [3.8, 4) is 0 Å². The number of aromatic amines is 1. The molecule has 1 fully saturated rings. The van der Waals surface area contributed by atoms with Crippen LogP contribution in [0.2, 0.25) is 0 Å². The van der Waals surface area contributed by atoms with Crippen molar-refractivity contribution in [2.24, 2.45) is 0 Å². The van der Waals surface area contributed by atoms with Gasteiger partial charge < -0.3 is 14.5 Å². The van der Waals surface area contributed by atoms with Gasteiger partial charge in [0.15, 0.2) is 5.82 Å². The van der Waals surface area contributed by atoms with E-state index in [-0.39, 0.29) is 0 Å². The van der Waals surface area contributed by atoms with Crippen LogP contribution in [-0.4, -0.2) is 36.3 Å². The zero-order chi connectivity index (χ0) is 13.8. The molecule has 0 bridgehead atoms. The minimum Gasteiger partial charge on any atom is -0.347 e. The molecule has 0 saturated heterocycles. The van der Waals surface area contributed by atoms with Crippen molar-refractivity contribution in [1.82, 2.24) is 29.7 Å². The second-order valence-corrected chi connectivity index (χ2v) is 5.76. The molecule has 4 heterocycles. The summed E-state index contributed by atoms with van der Waals surface area (Å²) in [5.41, 5.74) is 0.880. The summed E-state index contributed by atoms with van der Waals surface area (Å²) in [6.07, 6.45) is 6.04. The predicted molar refractivity (Wildman–Crippen MR) is 76.9 cm³/mol. The van der Waals surface area contributed by atoms with Crippen LogP contribution in [0.1, 0.15) is 30.4 Å². The molecule has 1 aliphatic heterocycles. The van der Waals surface area contributed by atoms with Crippen LogP contribution in [0.3, 0.4) is 0 Å². The highest BCUT2D eigenvalue weighted by atomic mass is 15.4. The fraction of sp³-hybridized carbons (Fsp3) is 0.429. The van der Waals surface area contributed by atoms with Crippen molar-refractivity contribution >= 4 is 16.9 Å². The highest BCUT2D eigenvalue weighted by Gasteiger charge is 2.32. The van der Waals surface area contributed by atoms with E-state index in [0.29, 0.717) is 5.92 Å². The lowest BCUT2D eigenvalue weighted by molar-refractivity contribution is 0.541. The van der Waals surface area contributed by atoms with Crippen LogP contribution >= 0.6 is 0 Å². The Morgan fingerprint density at radius 3 is 3.00 bits per heavy atom. The van der Waals surface area contributed by atoms with Crippen LogP contribution in [0.15, 0.2) is 18.6 Å². The Morgan fingerprint density at radius 1 is 1.14 bits per heavy atom. The Balaban J connectivity index is 1.53. The fourth-order valence-corrected chi connectivity index (χ4v) is 3.12. The largest absolute Gasteiger partial charge is 0.347 e. The van der Waals surface area contributed by atoms with Crippen LogP contribution in [0, 0.1) is 0 Å². The van der Waals surface area contributed by atoms with Gasteiger partial charge >= 0.3 is 0 Å². The Morgan fingerprint density at radius 2 is 2.10 bits per heavy atom. The number of H-pyrrole nitrogens is 1. The number of hydrogen-bond acceptors (Lipinski definition) is 5. The standard InChI is InChI=1S/C14H15N7/c1-2-9(1)13-19-18-11-7-20(5-6-21(11)13)14-10-3-4-15-12(10)16-8-17-14/h3-4,8-9H,1-2,5-7H2,(H,15,16,17). The summed E-state index contributed by atoms with van der Waals surface area (Å²) in [6, 6.07) is 2.03. The van der Waals surface area contributed by atoms with Crippen LogP contribution < -0.4 is 4.90 Å². The number of rotatable bonds is 2. The monoisotopic (exact) mass is 281 g/mol. The first kappa shape index (κ1) is 11.2. The first-order valence-corrected chi connectivity index (χ1v) is 7.35. The number of nitrogens with one attached hydrogen (secondary N) is 1. The number of anilines is 1. The molecule has 0 radical (unpaired) electrons. The van der Waals surface area contributed by atoms with Crippen LogP contribution in [0.4, 0.5) is 5.82 Å². The molecule has 7 nitrogen and oxygen atoms in total. The molecule has 0 amide bonds. The molecule has 3 aromatic heterocycles. The van der Waals surface area contributed by atoms with Gasteiger partial charge in [-0.1, -0.05) is 0 Å². The third kappa shape index (κ3) is 1.66. The molecule has 7 heteroatoms. The Labute approximate surface area is 121 Å². The normalized spacial score (nSPS) is 18.2. The Hall–Kier alpha value is -2.44. The number of aromatic nitrogens is 6. The van der Waals surface area contributed by atoms with Crippen molar-refractivity contribution < 1.29 is 0 Å². The highest BCUT2D eigenvalue weighted by molar-refractivity contribution is 5.87. The van der Waals surface area contributed by atoms with Gasteiger partial charge in [0, 0.05) is 25.2 Å². The lowest BCUT2D eigenvalue weighted by Gasteiger charge is -2.29. The average Bonchev–Trinajstić information content (AvgIpc) is 3.10. The zero-order valence-corrected chi connectivity index (χ0v) is 11.5. The third-order valence-corrected chi connectivity index (χ3v) is 4.36. The maximum Gasteiger partial charge on any atom is 0.152 e. The molecule has 5 rings (SSSR count). The maximum atomic E-state index is 4.47. The van der Waals surface area contributed by atoms with Gasteiger partial charge in [0.05, 0.1) is 11.9 Å². The van der Waals surface area contributed by atoms with Gasteiger partial charge in [0.2, 0.25) is 0 Å². The molecule has 1 saturated carbocycles. The maximum absolute atomic E-state index is 4.47. The molecule has 3 aromatic rings. The molecule has 0 unspecified atom stereocenters. The van der Waals surface area contributed by atoms with Crippen molar-refractivity contribution in [3.63, 3.8) is 0 Å². The molecule has 0 aromatic carbocycles. The second-order valence-electron chi connectivity index (χ2n) is 5.76. The first-order valence-electron chi connectivity index (χ1n) is 7.35. The van der Waals surface area contributed by atoms with E-state index in [1.54, 1.807) is 6.33 Å². The van der Waals surface area contributed by atoms with Gasteiger partial charge in [-0.05, 0) is 18.9 Å². The van der Waals surface area contributed by atoms with Gasteiger partial charge in [0.1, 0.15) is 23.6 Å². The molecule has 106 valence electrons. The first-order chi connectivity index (χ1) is 10.4. The molecule has 2 aliphatic rings. The number of fused-ring (bicyclic) bond motifs is 2. The van der Waals surface area contributed by atoms with Crippen molar-refractivity contribution in [2.75, 3.05) is 11.4 Å². The Kier molecular flexibility index (Phi) is 2.16. The fourth-order valence-electron chi connectivity index (χ4n) is 3.12. The smallest absolute Gasteiger partial charge is 0.152 e. The van der Waals surface area contributed by atoms with Gasteiger partial charge in [0.25, 0.3) is 0 Å². The van der Waals surface area contributed by atoms with Gasteiger partial charge in [-0.15, -0.1) is 10.2 Å². The highest BCUT2D eigenvalue weighted by Crippen LogP contribution is 2.39. The van der Waals surface area contributed by atoms with Crippen LogP contribution in [0.5, 0.6) is 0 Å². The van der Waals surface area contributed by atoms with E-state index in [2.05, 4.69) is 34.6 Å². The molecule has 1 N–H and O–H groups in total. The molecule has 1 aliphatic carbocycles. The van der Waals surface area contributed by atoms with Gasteiger partial charge in [-0.3, -0.25) is 0 Å². The minimum atomic E-state index is 0.647. The number of nitrogens with zero attached hydrogens (tertiary/aromatic N) is 6. The van der Waals surface area contributed by atoms with Crippen LogP contribution in [-0.2, 0) is 13.1 Å². The zero-order valence-electron chi connectivity index (χ0n) is 11.5. The summed E-state index contributed by atoms with van der Waals surface area (Å²) in [5, 5.41) is 9.83. The van der Waals surface area contributed by atoms with Crippen molar-refractivity contribution in [3.05, 3.63) is 30.2 Å². The average molecular weight is 281 g/mol. The van der Waals surface area contributed by atoms with Gasteiger partial charge in [-0.25, -0.2) is 9.97 Å². The summed E-state index contributed by atoms with van der Waals surface area (Å²) in [6.45, 7) is 2.63. The van der Waals surface area contributed by atoms with E-state index < -0.39 is 0 Å². The third-order valence-electron chi connectivity index (χ3n) is 4.36. The van der Waals surface area contributed by atoms with E-state index in [9.17, 15) is 0 Å². The van der Waals surface area contributed by atoms with E-state index in [1.807, 2.05) is 12.3 Å². The van der Waals surface area contributed by atoms with Gasteiger partial charge in [-0.2, -0.15) is 0 Å². The lowest BCUT2D eigenvalue weighted by Crippen LogP contribution is -2.35. The van der Waals surface area contributed by atoms with Crippen LogP contribution in [0.25, 0.3) is 11.0 Å². The molecule has 21 heavy (non-hydrogen) atoms. The summed E-state index contributed by atoms with van der Waals surface area (Å²) in [5.74, 6) is 3.85. The van der Waals surface area contributed by atoms with E-state index >= 15 is 0 Å². The minimum absolute atomic E-state index is 0.647. The van der Waals surface area contributed by atoms with E-state index in [4.69, 9.17) is 0 Å². The number of hydrogen-bond donors (Lipinski definition) is 1. The Bertz CT molecular complexity index is 814. The molecule has 0 spiro atoms. The van der Waals surface area contributed by atoms with E-state index in [1.165, 1.54) is 18.7 Å². The summed E-state index contributed by atoms with van der Waals surface area (Å²) in [7, 11) is 0. The molecular formula is C14H15N7. The topological polar surface area (TPSA) is 75.5 Å². The molecule has 0 atom stereocenters. The summed E-state index contributed by atoms with van der Waals surface area (Å²) in [4.78, 5) is 14.1. The molecular weight excluding hydrogens is 266 g/mol. The van der Waals surface area contributed by atoms with Crippen molar-refractivity contribution in [2.45, 2.75) is 31.8 Å². The van der Waals surface area contributed by atoms with E-state index in [0.717, 1.165) is 42.3 Å². The quantitative estimate of drug-likeness (QED) is 0.769.